The van der Waals surface area contributed by atoms with Crippen molar-refractivity contribution in [2.75, 3.05) is 20.8 Å². The Morgan fingerprint density at radius 1 is 0.870 bits per heavy atom. The Bertz CT molecular complexity index is 571. The highest BCUT2D eigenvalue weighted by atomic mass is 16.5. The summed E-state index contributed by atoms with van der Waals surface area (Å²) in [5, 5.41) is 3.50. The fourth-order valence-electron chi connectivity index (χ4n) is 2.70. The van der Waals surface area contributed by atoms with E-state index in [1.54, 1.807) is 14.2 Å². The lowest BCUT2D eigenvalue weighted by Gasteiger charge is -2.13. The summed E-state index contributed by atoms with van der Waals surface area (Å²) < 4.78 is 10.8. The highest BCUT2D eigenvalue weighted by molar-refractivity contribution is 5.47. The molecule has 23 heavy (non-hydrogen) atoms. The fourth-order valence-corrected chi connectivity index (χ4v) is 2.70. The smallest absolute Gasteiger partial charge is 0.125 e. The Kier molecular flexibility index (Phi) is 6.95. The molecule has 0 atom stereocenters. The van der Waals surface area contributed by atoms with E-state index in [0.717, 1.165) is 36.6 Å². The SMILES string of the molecule is COc1cc(CNCCCCc2ccccc2)cc(OC)c1C. The summed E-state index contributed by atoms with van der Waals surface area (Å²) in [5.74, 6) is 1.76. The van der Waals surface area contributed by atoms with E-state index in [9.17, 15) is 0 Å². The fraction of sp³-hybridized carbons (Fsp3) is 0.400. The summed E-state index contributed by atoms with van der Waals surface area (Å²) in [6.07, 6.45) is 3.53. The summed E-state index contributed by atoms with van der Waals surface area (Å²) >= 11 is 0. The number of unbranched alkanes of at least 4 members (excludes halogenated alkanes) is 1. The van der Waals surface area contributed by atoms with Crippen molar-refractivity contribution in [3.05, 3.63) is 59.2 Å². The van der Waals surface area contributed by atoms with Crippen LogP contribution in [0.1, 0.15) is 29.5 Å². The first-order chi connectivity index (χ1) is 11.2. The Morgan fingerprint density at radius 2 is 1.52 bits per heavy atom. The molecule has 0 aliphatic carbocycles. The number of rotatable bonds is 9. The Labute approximate surface area is 139 Å². The van der Waals surface area contributed by atoms with Gasteiger partial charge in [-0.2, -0.15) is 0 Å². The second-order valence-corrected chi connectivity index (χ2v) is 5.74. The number of methoxy groups -OCH3 is 2. The highest BCUT2D eigenvalue weighted by Crippen LogP contribution is 2.29. The van der Waals surface area contributed by atoms with E-state index in [2.05, 4.69) is 47.8 Å². The monoisotopic (exact) mass is 313 g/mol. The van der Waals surface area contributed by atoms with Gasteiger partial charge < -0.3 is 14.8 Å². The van der Waals surface area contributed by atoms with E-state index >= 15 is 0 Å². The number of ether oxygens (including phenoxy) is 2. The molecule has 2 rings (SSSR count). The predicted octanol–water partition coefficient (Wildman–Crippen LogP) is 4.12. The van der Waals surface area contributed by atoms with Crippen LogP contribution in [0.3, 0.4) is 0 Å². The zero-order chi connectivity index (χ0) is 16.5. The van der Waals surface area contributed by atoms with Crippen LogP contribution in [-0.2, 0) is 13.0 Å². The van der Waals surface area contributed by atoms with E-state index in [1.165, 1.54) is 24.0 Å². The number of benzene rings is 2. The Balaban J connectivity index is 1.74. The van der Waals surface area contributed by atoms with E-state index in [-0.39, 0.29) is 0 Å². The van der Waals surface area contributed by atoms with Crippen molar-refractivity contribution in [1.82, 2.24) is 5.32 Å². The lowest BCUT2D eigenvalue weighted by Crippen LogP contribution is -2.15. The molecule has 1 N–H and O–H groups in total. The Hall–Kier alpha value is -2.00. The molecule has 0 unspecified atom stereocenters. The maximum absolute atomic E-state index is 5.41. The second kappa shape index (κ2) is 9.21. The van der Waals surface area contributed by atoms with Crippen LogP contribution in [0, 0.1) is 6.92 Å². The molecule has 3 nitrogen and oxygen atoms in total. The maximum atomic E-state index is 5.41. The molecular formula is C20H27NO2. The van der Waals surface area contributed by atoms with Crippen LogP contribution in [0.5, 0.6) is 11.5 Å². The van der Waals surface area contributed by atoms with Crippen molar-refractivity contribution < 1.29 is 9.47 Å². The van der Waals surface area contributed by atoms with E-state index < -0.39 is 0 Å². The number of nitrogens with one attached hydrogen (secondary N) is 1. The lowest BCUT2D eigenvalue weighted by molar-refractivity contribution is 0.387. The van der Waals surface area contributed by atoms with Gasteiger partial charge in [0, 0.05) is 12.1 Å². The summed E-state index contributed by atoms with van der Waals surface area (Å²) in [6.45, 7) is 3.86. The van der Waals surface area contributed by atoms with Gasteiger partial charge in [0.05, 0.1) is 14.2 Å². The molecule has 0 bridgehead atoms. The third-order valence-corrected chi connectivity index (χ3v) is 4.05. The zero-order valence-corrected chi connectivity index (χ0v) is 14.4. The van der Waals surface area contributed by atoms with Gasteiger partial charge in [-0.25, -0.2) is 0 Å². The van der Waals surface area contributed by atoms with Crippen molar-refractivity contribution >= 4 is 0 Å². The van der Waals surface area contributed by atoms with E-state index in [1.807, 2.05) is 6.92 Å². The van der Waals surface area contributed by atoms with Crippen LogP contribution in [0.15, 0.2) is 42.5 Å². The highest BCUT2D eigenvalue weighted by Gasteiger charge is 2.07. The first kappa shape index (κ1) is 17.4. The third-order valence-electron chi connectivity index (χ3n) is 4.05. The molecular weight excluding hydrogens is 286 g/mol. The van der Waals surface area contributed by atoms with Gasteiger partial charge in [0.1, 0.15) is 11.5 Å². The average Bonchev–Trinajstić information content (AvgIpc) is 2.59. The molecule has 124 valence electrons. The van der Waals surface area contributed by atoms with Crippen LogP contribution < -0.4 is 14.8 Å². The van der Waals surface area contributed by atoms with Crippen LogP contribution >= 0.6 is 0 Å². The van der Waals surface area contributed by atoms with Gasteiger partial charge >= 0.3 is 0 Å². The summed E-state index contributed by atoms with van der Waals surface area (Å²) in [4.78, 5) is 0. The van der Waals surface area contributed by atoms with Crippen LogP contribution in [0.25, 0.3) is 0 Å². The minimum Gasteiger partial charge on any atom is -0.496 e. The normalized spacial score (nSPS) is 10.6. The van der Waals surface area contributed by atoms with Crippen LogP contribution in [-0.4, -0.2) is 20.8 Å². The summed E-state index contributed by atoms with van der Waals surface area (Å²) in [5.41, 5.74) is 3.65. The molecule has 2 aromatic carbocycles. The molecule has 0 radical (unpaired) electrons. The minimum atomic E-state index is 0.832. The molecule has 0 fully saturated rings. The van der Waals surface area contributed by atoms with Crippen molar-refractivity contribution in [3.63, 3.8) is 0 Å². The molecule has 0 aliphatic rings. The van der Waals surface area contributed by atoms with E-state index in [4.69, 9.17) is 9.47 Å². The van der Waals surface area contributed by atoms with Gasteiger partial charge in [-0.15, -0.1) is 0 Å². The standard InChI is InChI=1S/C20H27NO2/c1-16-19(22-2)13-18(14-20(16)23-3)15-21-12-8-7-11-17-9-5-4-6-10-17/h4-6,9-10,13-14,21H,7-8,11-12,15H2,1-3H3. The molecule has 3 heteroatoms. The maximum Gasteiger partial charge on any atom is 0.125 e. The van der Waals surface area contributed by atoms with Crippen LogP contribution in [0.4, 0.5) is 0 Å². The zero-order valence-electron chi connectivity index (χ0n) is 14.4. The number of hydrogen-bond donors (Lipinski definition) is 1. The second-order valence-electron chi connectivity index (χ2n) is 5.74. The molecule has 2 aromatic rings. The quantitative estimate of drug-likeness (QED) is 0.706. The van der Waals surface area contributed by atoms with Crippen molar-refractivity contribution in [2.24, 2.45) is 0 Å². The molecule has 0 amide bonds. The molecule has 0 heterocycles. The average molecular weight is 313 g/mol. The molecule has 0 saturated carbocycles. The summed E-state index contributed by atoms with van der Waals surface area (Å²) in [6, 6.07) is 14.8. The number of hydrogen-bond acceptors (Lipinski definition) is 3. The topological polar surface area (TPSA) is 30.5 Å². The number of aryl methyl sites for hydroxylation is 1. The Morgan fingerprint density at radius 3 is 2.13 bits per heavy atom. The van der Waals surface area contributed by atoms with Gasteiger partial charge in [0.25, 0.3) is 0 Å². The van der Waals surface area contributed by atoms with Crippen LogP contribution in [0.2, 0.25) is 0 Å². The van der Waals surface area contributed by atoms with Crippen molar-refractivity contribution in [1.29, 1.82) is 0 Å². The molecule has 0 aliphatic heterocycles. The van der Waals surface area contributed by atoms with Crippen molar-refractivity contribution in [3.8, 4) is 11.5 Å². The molecule has 0 saturated heterocycles. The van der Waals surface area contributed by atoms with E-state index in [0.29, 0.717) is 0 Å². The van der Waals surface area contributed by atoms with Gasteiger partial charge in [-0.05, 0) is 56.0 Å². The first-order valence-electron chi connectivity index (χ1n) is 8.20. The largest absolute Gasteiger partial charge is 0.496 e. The predicted molar refractivity (Wildman–Crippen MR) is 95.4 cm³/mol. The van der Waals surface area contributed by atoms with Gasteiger partial charge in [0.15, 0.2) is 0 Å². The molecule has 0 spiro atoms. The van der Waals surface area contributed by atoms with Crippen molar-refractivity contribution in [2.45, 2.75) is 32.7 Å². The van der Waals surface area contributed by atoms with Gasteiger partial charge in [-0.3, -0.25) is 0 Å². The van der Waals surface area contributed by atoms with Gasteiger partial charge in [-0.1, -0.05) is 30.3 Å². The third kappa shape index (κ3) is 5.29. The lowest BCUT2D eigenvalue weighted by atomic mass is 10.1. The first-order valence-corrected chi connectivity index (χ1v) is 8.20. The summed E-state index contributed by atoms with van der Waals surface area (Å²) in [7, 11) is 3.39. The minimum absolute atomic E-state index is 0.832. The molecule has 0 aromatic heterocycles. The van der Waals surface area contributed by atoms with Gasteiger partial charge in [0.2, 0.25) is 0 Å².